The van der Waals surface area contributed by atoms with Gasteiger partial charge in [-0.1, -0.05) is 11.3 Å². The van der Waals surface area contributed by atoms with Crippen LogP contribution in [0.1, 0.15) is 18.7 Å². The van der Waals surface area contributed by atoms with Crippen molar-refractivity contribution in [2.75, 3.05) is 11.1 Å². The normalized spacial score (nSPS) is 12.5. The van der Waals surface area contributed by atoms with Gasteiger partial charge in [0.2, 0.25) is 0 Å². The number of nitrogens with zero attached hydrogens (tertiary/aromatic N) is 3. The molecule has 2 heterocycles. The van der Waals surface area contributed by atoms with E-state index in [9.17, 15) is 4.79 Å². The Balaban J connectivity index is 1.79. The highest BCUT2D eigenvalue weighted by Gasteiger charge is 2.17. The minimum absolute atomic E-state index is 0.148. The van der Waals surface area contributed by atoms with Crippen molar-refractivity contribution in [2.45, 2.75) is 19.9 Å². The number of benzene rings is 1. The third-order valence-corrected chi connectivity index (χ3v) is 4.09. The quantitative estimate of drug-likeness (QED) is 0.728. The highest BCUT2D eigenvalue weighted by Crippen LogP contribution is 2.27. The van der Waals surface area contributed by atoms with E-state index >= 15 is 0 Å². The molecule has 0 spiro atoms. The van der Waals surface area contributed by atoms with E-state index in [0.717, 1.165) is 15.9 Å². The maximum atomic E-state index is 12.2. The molecule has 1 unspecified atom stereocenters. The van der Waals surface area contributed by atoms with Gasteiger partial charge in [0, 0.05) is 11.9 Å². The van der Waals surface area contributed by atoms with E-state index in [0.29, 0.717) is 10.8 Å². The SMILES string of the molecule is Cc1ccn(C(C)C(=O)Nc2nc3ccc(N)cc3s2)n1. The largest absolute Gasteiger partial charge is 0.399 e. The molecule has 0 saturated carbocycles. The summed E-state index contributed by atoms with van der Waals surface area (Å²) in [7, 11) is 0. The van der Waals surface area contributed by atoms with E-state index in [1.807, 2.05) is 25.1 Å². The summed E-state index contributed by atoms with van der Waals surface area (Å²) in [4.78, 5) is 16.6. The van der Waals surface area contributed by atoms with Gasteiger partial charge in [0.25, 0.3) is 5.91 Å². The van der Waals surface area contributed by atoms with Gasteiger partial charge in [-0.15, -0.1) is 0 Å². The van der Waals surface area contributed by atoms with E-state index < -0.39 is 6.04 Å². The summed E-state index contributed by atoms with van der Waals surface area (Å²) in [5.74, 6) is -0.148. The average molecular weight is 301 g/mol. The van der Waals surface area contributed by atoms with Gasteiger partial charge in [0.1, 0.15) is 6.04 Å². The molecular weight excluding hydrogens is 286 g/mol. The Labute approximate surface area is 125 Å². The molecule has 1 aromatic carbocycles. The second-order valence-electron chi connectivity index (χ2n) is 4.85. The molecule has 108 valence electrons. The fourth-order valence-electron chi connectivity index (χ4n) is 1.97. The number of nitrogens with one attached hydrogen (secondary N) is 1. The number of hydrogen-bond acceptors (Lipinski definition) is 5. The molecular formula is C14H15N5OS. The number of rotatable bonds is 3. The zero-order valence-electron chi connectivity index (χ0n) is 11.7. The first-order chi connectivity index (χ1) is 10.0. The van der Waals surface area contributed by atoms with Gasteiger partial charge >= 0.3 is 0 Å². The number of aryl methyl sites for hydroxylation is 1. The fourth-order valence-corrected chi connectivity index (χ4v) is 2.89. The molecule has 21 heavy (non-hydrogen) atoms. The Hall–Kier alpha value is -2.41. The first kappa shape index (κ1) is 13.6. The van der Waals surface area contributed by atoms with Gasteiger partial charge in [-0.05, 0) is 38.1 Å². The van der Waals surface area contributed by atoms with E-state index in [2.05, 4.69) is 15.4 Å². The van der Waals surface area contributed by atoms with Crippen molar-refractivity contribution in [1.29, 1.82) is 0 Å². The van der Waals surface area contributed by atoms with Crippen molar-refractivity contribution in [1.82, 2.24) is 14.8 Å². The highest BCUT2D eigenvalue weighted by molar-refractivity contribution is 7.22. The Kier molecular flexibility index (Phi) is 3.34. The molecule has 1 amide bonds. The molecule has 7 heteroatoms. The molecule has 0 bridgehead atoms. The zero-order chi connectivity index (χ0) is 15.0. The summed E-state index contributed by atoms with van der Waals surface area (Å²) in [5, 5.41) is 7.64. The van der Waals surface area contributed by atoms with Gasteiger partial charge in [-0.25, -0.2) is 4.98 Å². The van der Waals surface area contributed by atoms with Crippen LogP contribution in [-0.4, -0.2) is 20.7 Å². The standard InChI is InChI=1S/C14H15N5OS/c1-8-5-6-19(18-8)9(2)13(20)17-14-16-11-4-3-10(15)7-12(11)21-14/h3-7,9H,15H2,1-2H3,(H,16,17,20). The molecule has 1 atom stereocenters. The second-order valence-corrected chi connectivity index (χ2v) is 5.88. The van der Waals surface area contributed by atoms with E-state index in [4.69, 9.17) is 5.73 Å². The summed E-state index contributed by atoms with van der Waals surface area (Å²) in [6.07, 6.45) is 1.79. The number of carbonyl (C=O) groups is 1. The van der Waals surface area contributed by atoms with Crippen LogP contribution in [0.5, 0.6) is 0 Å². The van der Waals surface area contributed by atoms with Gasteiger partial charge in [0.15, 0.2) is 5.13 Å². The predicted octanol–water partition coefficient (Wildman–Crippen LogP) is 2.58. The lowest BCUT2D eigenvalue weighted by Gasteiger charge is -2.10. The van der Waals surface area contributed by atoms with Crippen molar-refractivity contribution in [3.63, 3.8) is 0 Å². The molecule has 0 aliphatic carbocycles. The number of carbonyl (C=O) groups excluding carboxylic acids is 1. The topological polar surface area (TPSA) is 85.8 Å². The molecule has 3 aromatic rings. The van der Waals surface area contributed by atoms with Crippen LogP contribution in [0.25, 0.3) is 10.2 Å². The number of hydrogen-bond donors (Lipinski definition) is 2. The number of aromatic nitrogens is 3. The Bertz CT molecular complexity index is 807. The third kappa shape index (κ3) is 2.73. The zero-order valence-corrected chi connectivity index (χ0v) is 12.5. The van der Waals surface area contributed by atoms with Crippen LogP contribution in [0, 0.1) is 6.92 Å². The maximum Gasteiger partial charge on any atom is 0.250 e. The van der Waals surface area contributed by atoms with Crippen molar-refractivity contribution in [3.8, 4) is 0 Å². The molecule has 0 aliphatic rings. The summed E-state index contributed by atoms with van der Waals surface area (Å²) < 4.78 is 2.59. The number of nitrogens with two attached hydrogens (primary N) is 1. The van der Waals surface area contributed by atoms with Crippen LogP contribution in [0.15, 0.2) is 30.5 Å². The minimum Gasteiger partial charge on any atom is -0.399 e. The van der Waals surface area contributed by atoms with Crippen LogP contribution in [0.2, 0.25) is 0 Å². The molecule has 3 rings (SSSR count). The lowest BCUT2D eigenvalue weighted by molar-refractivity contribution is -0.119. The van der Waals surface area contributed by atoms with E-state index in [1.165, 1.54) is 11.3 Å². The molecule has 0 aliphatic heterocycles. The number of anilines is 2. The molecule has 0 saturated heterocycles. The van der Waals surface area contributed by atoms with Crippen molar-refractivity contribution in [2.24, 2.45) is 0 Å². The number of amides is 1. The van der Waals surface area contributed by atoms with Gasteiger partial charge in [0.05, 0.1) is 15.9 Å². The third-order valence-electron chi connectivity index (χ3n) is 3.16. The first-order valence-electron chi connectivity index (χ1n) is 6.51. The van der Waals surface area contributed by atoms with Crippen LogP contribution < -0.4 is 11.1 Å². The number of nitrogen functional groups attached to an aromatic ring is 1. The van der Waals surface area contributed by atoms with Crippen molar-refractivity contribution in [3.05, 3.63) is 36.2 Å². The monoisotopic (exact) mass is 301 g/mol. The first-order valence-corrected chi connectivity index (χ1v) is 7.33. The van der Waals surface area contributed by atoms with Crippen LogP contribution >= 0.6 is 11.3 Å². The van der Waals surface area contributed by atoms with Crippen molar-refractivity contribution >= 4 is 38.3 Å². The summed E-state index contributed by atoms with van der Waals surface area (Å²) >= 11 is 1.40. The van der Waals surface area contributed by atoms with Gasteiger partial charge in [-0.3, -0.25) is 9.48 Å². The number of thiazole rings is 1. The Morgan fingerprint density at radius 3 is 2.95 bits per heavy atom. The predicted molar refractivity (Wildman–Crippen MR) is 84.3 cm³/mol. The molecule has 0 radical (unpaired) electrons. The molecule has 3 N–H and O–H groups in total. The van der Waals surface area contributed by atoms with Gasteiger partial charge < -0.3 is 11.1 Å². The van der Waals surface area contributed by atoms with Crippen LogP contribution in [0.3, 0.4) is 0 Å². The minimum atomic E-state index is -0.393. The number of fused-ring (bicyclic) bond motifs is 1. The summed E-state index contributed by atoms with van der Waals surface area (Å²) in [6, 6.07) is 6.96. The van der Waals surface area contributed by atoms with Crippen molar-refractivity contribution < 1.29 is 4.79 Å². The fraction of sp³-hybridized carbons (Fsp3) is 0.214. The van der Waals surface area contributed by atoms with Gasteiger partial charge in [-0.2, -0.15) is 5.10 Å². The summed E-state index contributed by atoms with van der Waals surface area (Å²) in [5.41, 5.74) is 8.13. The molecule has 2 aromatic heterocycles. The lowest BCUT2D eigenvalue weighted by Crippen LogP contribution is -2.24. The molecule has 6 nitrogen and oxygen atoms in total. The maximum absolute atomic E-state index is 12.2. The highest BCUT2D eigenvalue weighted by atomic mass is 32.1. The molecule has 0 fully saturated rings. The Morgan fingerprint density at radius 1 is 1.43 bits per heavy atom. The average Bonchev–Trinajstić information content (AvgIpc) is 3.03. The van der Waals surface area contributed by atoms with E-state index in [-0.39, 0.29) is 5.91 Å². The van der Waals surface area contributed by atoms with E-state index in [1.54, 1.807) is 23.9 Å². The Morgan fingerprint density at radius 2 is 2.24 bits per heavy atom. The summed E-state index contributed by atoms with van der Waals surface area (Å²) in [6.45, 7) is 3.69. The second kappa shape index (κ2) is 5.17. The lowest BCUT2D eigenvalue weighted by atomic mass is 10.3. The smallest absolute Gasteiger partial charge is 0.250 e. The van der Waals surface area contributed by atoms with Crippen LogP contribution in [-0.2, 0) is 4.79 Å². The van der Waals surface area contributed by atoms with Crippen LogP contribution in [0.4, 0.5) is 10.8 Å².